The molecule has 2 aromatic heterocycles. The Hall–Kier alpha value is -1.82. The molecular formula is C14H8BrF3N2. The Bertz CT molecular complexity index is 777. The number of rotatable bonds is 1. The van der Waals surface area contributed by atoms with Crippen molar-refractivity contribution < 1.29 is 13.2 Å². The van der Waals surface area contributed by atoms with E-state index in [2.05, 4.69) is 20.9 Å². The second-order valence-electron chi connectivity index (χ2n) is 4.26. The van der Waals surface area contributed by atoms with Gasteiger partial charge in [-0.15, -0.1) is 0 Å². The van der Waals surface area contributed by atoms with Crippen molar-refractivity contribution >= 4 is 21.6 Å². The van der Waals surface area contributed by atoms with E-state index in [-0.39, 0.29) is 5.56 Å². The summed E-state index contributed by atoms with van der Waals surface area (Å²) in [6, 6.07) is 9.02. The van der Waals surface area contributed by atoms with Gasteiger partial charge >= 0.3 is 6.18 Å². The molecule has 0 aliphatic rings. The second kappa shape index (κ2) is 4.63. The third-order valence-corrected chi connectivity index (χ3v) is 3.56. The Morgan fingerprint density at radius 1 is 1.05 bits per heavy atom. The largest absolute Gasteiger partial charge is 0.417 e. The number of hydrogen-bond donors (Lipinski definition) is 0. The van der Waals surface area contributed by atoms with Crippen LogP contribution in [0.1, 0.15) is 5.56 Å². The number of pyridine rings is 1. The van der Waals surface area contributed by atoms with Crippen LogP contribution in [0.3, 0.4) is 0 Å². The zero-order valence-electron chi connectivity index (χ0n) is 10.0. The molecule has 3 rings (SSSR count). The molecule has 0 amide bonds. The van der Waals surface area contributed by atoms with Crippen molar-refractivity contribution in [2.45, 2.75) is 6.18 Å². The summed E-state index contributed by atoms with van der Waals surface area (Å²) in [7, 11) is 0. The molecule has 1 aromatic carbocycles. The van der Waals surface area contributed by atoms with Crippen LogP contribution < -0.4 is 0 Å². The van der Waals surface area contributed by atoms with Crippen molar-refractivity contribution in [1.29, 1.82) is 0 Å². The van der Waals surface area contributed by atoms with Gasteiger partial charge in [0.1, 0.15) is 0 Å². The van der Waals surface area contributed by atoms with E-state index in [4.69, 9.17) is 0 Å². The molecular weight excluding hydrogens is 333 g/mol. The van der Waals surface area contributed by atoms with Gasteiger partial charge in [0.05, 0.1) is 15.7 Å². The molecule has 0 aliphatic heterocycles. The molecule has 0 saturated heterocycles. The van der Waals surface area contributed by atoms with Crippen LogP contribution in [0.15, 0.2) is 53.3 Å². The average Bonchev–Trinajstić information content (AvgIpc) is 2.83. The average molecular weight is 341 g/mol. The van der Waals surface area contributed by atoms with Crippen molar-refractivity contribution in [3.05, 3.63) is 58.8 Å². The molecule has 20 heavy (non-hydrogen) atoms. The number of alkyl halides is 3. The second-order valence-corrected chi connectivity index (χ2v) is 5.11. The standard InChI is InChI=1S/C14H8BrF3N2/c15-11-6-3-7-20-8-12(19-13(11)20)9-4-1-2-5-10(9)14(16,17)18/h1-8H. The van der Waals surface area contributed by atoms with Gasteiger partial charge in [-0.05, 0) is 34.1 Å². The molecule has 0 N–H and O–H groups in total. The number of imidazole rings is 1. The number of hydrogen-bond acceptors (Lipinski definition) is 1. The third-order valence-electron chi connectivity index (χ3n) is 2.94. The highest BCUT2D eigenvalue weighted by Gasteiger charge is 2.33. The molecule has 0 saturated carbocycles. The first kappa shape index (κ1) is 13.2. The van der Waals surface area contributed by atoms with Gasteiger partial charge in [0, 0.05) is 18.0 Å². The van der Waals surface area contributed by atoms with Crippen LogP contribution in [0.25, 0.3) is 16.9 Å². The van der Waals surface area contributed by atoms with E-state index >= 15 is 0 Å². The SMILES string of the molecule is FC(F)(F)c1ccccc1-c1cn2cccc(Br)c2n1. The zero-order chi connectivity index (χ0) is 14.3. The van der Waals surface area contributed by atoms with E-state index < -0.39 is 11.7 Å². The van der Waals surface area contributed by atoms with E-state index in [0.29, 0.717) is 11.3 Å². The quantitative estimate of drug-likeness (QED) is 0.623. The van der Waals surface area contributed by atoms with Crippen LogP contribution >= 0.6 is 15.9 Å². The van der Waals surface area contributed by atoms with E-state index in [1.54, 1.807) is 35.0 Å². The Morgan fingerprint density at radius 2 is 1.80 bits per heavy atom. The first-order chi connectivity index (χ1) is 9.47. The number of aromatic nitrogens is 2. The maximum absolute atomic E-state index is 13.0. The van der Waals surface area contributed by atoms with Crippen LogP contribution in [-0.2, 0) is 6.18 Å². The fourth-order valence-electron chi connectivity index (χ4n) is 2.06. The molecule has 3 aromatic rings. The van der Waals surface area contributed by atoms with E-state index in [1.807, 2.05) is 0 Å². The molecule has 0 unspecified atom stereocenters. The van der Waals surface area contributed by atoms with Gasteiger partial charge < -0.3 is 4.40 Å². The molecule has 0 bridgehead atoms. The minimum absolute atomic E-state index is 0.0793. The van der Waals surface area contributed by atoms with Crippen LogP contribution in [0, 0.1) is 0 Å². The normalized spacial score (nSPS) is 12.0. The van der Waals surface area contributed by atoms with Crippen LogP contribution in [-0.4, -0.2) is 9.38 Å². The molecule has 2 heterocycles. The van der Waals surface area contributed by atoms with Crippen molar-refractivity contribution in [3.63, 3.8) is 0 Å². The van der Waals surface area contributed by atoms with Crippen molar-refractivity contribution in [2.24, 2.45) is 0 Å². The first-order valence-electron chi connectivity index (χ1n) is 5.76. The topological polar surface area (TPSA) is 17.3 Å². The lowest BCUT2D eigenvalue weighted by Crippen LogP contribution is -2.06. The van der Waals surface area contributed by atoms with Crippen LogP contribution in [0.2, 0.25) is 0 Å². The Morgan fingerprint density at radius 3 is 2.50 bits per heavy atom. The van der Waals surface area contributed by atoms with Crippen molar-refractivity contribution in [2.75, 3.05) is 0 Å². The molecule has 2 nitrogen and oxygen atoms in total. The number of benzene rings is 1. The predicted octanol–water partition coefficient (Wildman–Crippen LogP) is 4.78. The van der Waals surface area contributed by atoms with Crippen molar-refractivity contribution in [3.8, 4) is 11.3 Å². The minimum atomic E-state index is -4.40. The molecule has 0 radical (unpaired) electrons. The van der Waals surface area contributed by atoms with E-state index in [0.717, 1.165) is 10.5 Å². The summed E-state index contributed by atoms with van der Waals surface area (Å²) in [5.41, 5.74) is 0.277. The van der Waals surface area contributed by atoms with Gasteiger partial charge in [-0.1, -0.05) is 18.2 Å². The van der Waals surface area contributed by atoms with E-state index in [9.17, 15) is 13.2 Å². The fourth-order valence-corrected chi connectivity index (χ4v) is 2.51. The summed E-state index contributed by atoms with van der Waals surface area (Å²) in [5, 5.41) is 0. The first-order valence-corrected chi connectivity index (χ1v) is 6.56. The predicted molar refractivity (Wildman–Crippen MR) is 73.3 cm³/mol. The van der Waals surface area contributed by atoms with Gasteiger partial charge in [-0.2, -0.15) is 13.2 Å². The summed E-state index contributed by atoms with van der Waals surface area (Å²) < 4.78 is 41.5. The van der Waals surface area contributed by atoms with Gasteiger partial charge in [0.25, 0.3) is 0 Å². The zero-order valence-corrected chi connectivity index (χ0v) is 11.6. The fraction of sp³-hybridized carbons (Fsp3) is 0.0714. The van der Waals surface area contributed by atoms with Gasteiger partial charge in [-0.25, -0.2) is 4.98 Å². The molecule has 0 fully saturated rings. The van der Waals surface area contributed by atoms with Crippen molar-refractivity contribution in [1.82, 2.24) is 9.38 Å². The Labute approximate surface area is 121 Å². The Kier molecular flexibility index (Phi) is 3.05. The highest BCUT2D eigenvalue weighted by molar-refractivity contribution is 9.10. The molecule has 0 spiro atoms. The van der Waals surface area contributed by atoms with Crippen LogP contribution in [0.5, 0.6) is 0 Å². The highest BCUT2D eigenvalue weighted by Crippen LogP contribution is 2.36. The summed E-state index contributed by atoms with van der Waals surface area (Å²) in [4.78, 5) is 4.27. The monoisotopic (exact) mass is 340 g/mol. The number of nitrogens with zero attached hydrogens (tertiary/aromatic N) is 2. The highest BCUT2D eigenvalue weighted by atomic mass is 79.9. The maximum Gasteiger partial charge on any atom is 0.417 e. The summed E-state index contributed by atoms with van der Waals surface area (Å²) in [6.07, 6.45) is -1.07. The minimum Gasteiger partial charge on any atom is -0.306 e. The maximum atomic E-state index is 13.0. The van der Waals surface area contributed by atoms with Crippen LogP contribution in [0.4, 0.5) is 13.2 Å². The lowest BCUT2D eigenvalue weighted by molar-refractivity contribution is -0.137. The molecule has 0 aliphatic carbocycles. The number of halogens is 4. The summed E-state index contributed by atoms with van der Waals surface area (Å²) in [6.45, 7) is 0. The molecule has 6 heteroatoms. The third kappa shape index (κ3) is 2.20. The lowest BCUT2D eigenvalue weighted by atomic mass is 10.1. The summed E-state index contributed by atoms with van der Waals surface area (Å²) in [5.74, 6) is 0. The summed E-state index contributed by atoms with van der Waals surface area (Å²) >= 11 is 3.34. The lowest BCUT2D eigenvalue weighted by Gasteiger charge is -2.10. The Balaban J connectivity index is 2.24. The van der Waals surface area contributed by atoms with Gasteiger partial charge in [0.2, 0.25) is 0 Å². The number of fused-ring (bicyclic) bond motifs is 1. The molecule has 102 valence electrons. The smallest absolute Gasteiger partial charge is 0.306 e. The van der Waals surface area contributed by atoms with Gasteiger partial charge in [0.15, 0.2) is 5.65 Å². The molecule has 0 atom stereocenters. The van der Waals surface area contributed by atoms with Gasteiger partial charge in [-0.3, -0.25) is 0 Å². The van der Waals surface area contributed by atoms with E-state index in [1.165, 1.54) is 12.1 Å².